The van der Waals surface area contributed by atoms with E-state index in [1.165, 1.54) is 0 Å². The van der Waals surface area contributed by atoms with Crippen LogP contribution in [0.3, 0.4) is 0 Å². The third-order valence-corrected chi connectivity index (χ3v) is 1.11. The minimum absolute atomic E-state index is 0.0171. The van der Waals surface area contributed by atoms with Gasteiger partial charge in [-0.2, -0.15) is 5.26 Å². The van der Waals surface area contributed by atoms with E-state index in [0.717, 1.165) is 6.54 Å². The van der Waals surface area contributed by atoms with E-state index in [1.54, 1.807) is 0 Å². The van der Waals surface area contributed by atoms with Gasteiger partial charge in [0.25, 0.3) is 0 Å². The molecule has 0 fully saturated rings. The molecule has 0 aliphatic heterocycles. The number of hydrogen-bond donors (Lipinski definition) is 1. The molecule has 3 heteroatoms. The van der Waals surface area contributed by atoms with E-state index in [4.69, 9.17) is 5.26 Å². The van der Waals surface area contributed by atoms with Crippen molar-refractivity contribution < 1.29 is 4.79 Å². The highest BCUT2D eigenvalue weighted by Gasteiger charge is 1.97. The van der Waals surface area contributed by atoms with Gasteiger partial charge in [-0.1, -0.05) is 6.92 Å². The number of rotatable bonds is 5. The molecule has 0 amide bonds. The van der Waals surface area contributed by atoms with Crippen LogP contribution in [0.5, 0.6) is 0 Å². The maximum Gasteiger partial charge on any atom is 0.148 e. The molecule has 1 N–H and O–H groups in total. The van der Waals surface area contributed by atoms with Gasteiger partial charge in [-0.05, 0) is 6.54 Å². The molecular formula is C7H12N2O. The summed E-state index contributed by atoms with van der Waals surface area (Å²) in [6.45, 7) is 3.55. The summed E-state index contributed by atoms with van der Waals surface area (Å²) in [6.07, 6.45) is 0.521. The Kier molecular flexibility index (Phi) is 5.69. The van der Waals surface area contributed by atoms with E-state index in [2.05, 4.69) is 5.32 Å². The van der Waals surface area contributed by atoms with Crippen LogP contribution in [0.15, 0.2) is 0 Å². The van der Waals surface area contributed by atoms with Crippen molar-refractivity contribution in [2.45, 2.75) is 19.8 Å². The molecule has 0 aliphatic carbocycles. The molecule has 0 saturated heterocycles. The van der Waals surface area contributed by atoms with E-state index in [0.29, 0.717) is 13.0 Å². The second-order valence-electron chi connectivity index (χ2n) is 1.98. The topological polar surface area (TPSA) is 52.9 Å². The second kappa shape index (κ2) is 6.24. The number of ketones is 1. The Bertz CT molecular complexity index is 137. The Morgan fingerprint density at radius 3 is 2.90 bits per heavy atom. The monoisotopic (exact) mass is 140 g/mol. The van der Waals surface area contributed by atoms with Crippen molar-refractivity contribution in [1.29, 1.82) is 5.26 Å². The normalized spacial score (nSPS) is 8.80. The maximum absolute atomic E-state index is 10.7. The highest BCUT2D eigenvalue weighted by molar-refractivity contribution is 5.80. The average Bonchev–Trinajstić information content (AvgIpc) is 1.89. The highest BCUT2D eigenvalue weighted by Crippen LogP contribution is 1.85. The standard InChI is InChI=1S/C7H12N2O/c1-2-9-6-4-7(10)3-5-8/h9H,2-4,6H2,1H3. The van der Waals surface area contributed by atoms with Crippen LogP contribution >= 0.6 is 0 Å². The highest BCUT2D eigenvalue weighted by atomic mass is 16.1. The van der Waals surface area contributed by atoms with Crippen molar-refractivity contribution in [3.05, 3.63) is 0 Å². The first-order chi connectivity index (χ1) is 4.81. The van der Waals surface area contributed by atoms with Crippen molar-refractivity contribution in [1.82, 2.24) is 5.32 Å². The van der Waals surface area contributed by atoms with E-state index >= 15 is 0 Å². The van der Waals surface area contributed by atoms with E-state index in [1.807, 2.05) is 13.0 Å². The molecule has 0 bridgehead atoms. The second-order valence-corrected chi connectivity index (χ2v) is 1.98. The summed E-state index contributed by atoms with van der Waals surface area (Å²) in [4.78, 5) is 10.7. The molecule has 0 atom stereocenters. The average molecular weight is 140 g/mol. The van der Waals surface area contributed by atoms with Crippen molar-refractivity contribution in [3.8, 4) is 6.07 Å². The third kappa shape index (κ3) is 5.26. The van der Waals surface area contributed by atoms with Crippen LogP contribution in [-0.4, -0.2) is 18.9 Å². The number of nitrogens with one attached hydrogen (secondary N) is 1. The minimum atomic E-state index is 0.0171. The number of nitrogens with zero attached hydrogens (tertiary/aromatic N) is 1. The number of carbonyl (C=O) groups is 1. The summed E-state index contributed by atoms with van der Waals surface area (Å²) < 4.78 is 0. The van der Waals surface area contributed by atoms with Gasteiger partial charge in [0.2, 0.25) is 0 Å². The van der Waals surface area contributed by atoms with Gasteiger partial charge in [-0.15, -0.1) is 0 Å². The molecule has 0 spiro atoms. The quantitative estimate of drug-likeness (QED) is 0.565. The van der Waals surface area contributed by atoms with E-state index in [9.17, 15) is 4.79 Å². The lowest BCUT2D eigenvalue weighted by Crippen LogP contribution is -2.17. The van der Waals surface area contributed by atoms with Crippen LogP contribution in [0, 0.1) is 11.3 Å². The lowest BCUT2D eigenvalue weighted by Gasteiger charge is -1.96. The van der Waals surface area contributed by atoms with Gasteiger partial charge in [0.1, 0.15) is 5.78 Å². The molecular weight excluding hydrogens is 128 g/mol. The SMILES string of the molecule is CCNCCC(=O)CC#N. The van der Waals surface area contributed by atoms with Gasteiger partial charge in [-0.3, -0.25) is 4.79 Å². The molecule has 0 rings (SSSR count). The van der Waals surface area contributed by atoms with Crippen LogP contribution in [0.4, 0.5) is 0 Å². The summed E-state index contributed by atoms with van der Waals surface area (Å²) in [6, 6.07) is 1.82. The molecule has 0 heterocycles. The van der Waals surface area contributed by atoms with Gasteiger partial charge in [-0.25, -0.2) is 0 Å². The zero-order chi connectivity index (χ0) is 7.82. The number of nitriles is 1. The Balaban J connectivity index is 3.15. The molecule has 3 nitrogen and oxygen atoms in total. The largest absolute Gasteiger partial charge is 0.317 e. The lowest BCUT2D eigenvalue weighted by molar-refractivity contribution is -0.118. The molecule has 10 heavy (non-hydrogen) atoms. The molecule has 0 radical (unpaired) electrons. The fraction of sp³-hybridized carbons (Fsp3) is 0.714. The Labute approximate surface area is 61.0 Å². The van der Waals surface area contributed by atoms with Crippen molar-refractivity contribution in [3.63, 3.8) is 0 Å². The van der Waals surface area contributed by atoms with Crippen LogP contribution in [-0.2, 0) is 4.79 Å². The Hall–Kier alpha value is -0.880. The van der Waals surface area contributed by atoms with Gasteiger partial charge in [0.15, 0.2) is 0 Å². The molecule has 0 aromatic rings. The Morgan fingerprint density at radius 2 is 2.40 bits per heavy atom. The predicted octanol–water partition coefficient (Wildman–Crippen LogP) is 0.469. The van der Waals surface area contributed by atoms with Crippen LogP contribution in [0.1, 0.15) is 19.8 Å². The zero-order valence-corrected chi connectivity index (χ0v) is 6.18. The molecule has 0 aromatic carbocycles. The first-order valence-electron chi connectivity index (χ1n) is 3.40. The van der Waals surface area contributed by atoms with Crippen LogP contribution < -0.4 is 5.32 Å². The van der Waals surface area contributed by atoms with Crippen LogP contribution in [0.25, 0.3) is 0 Å². The fourth-order valence-corrected chi connectivity index (χ4v) is 0.581. The number of carbonyl (C=O) groups excluding carboxylic acids is 1. The molecule has 0 saturated carbocycles. The van der Waals surface area contributed by atoms with Crippen molar-refractivity contribution >= 4 is 5.78 Å². The molecule has 0 aliphatic rings. The molecule has 0 aromatic heterocycles. The summed E-state index contributed by atoms with van der Waals surface area (Å²) in [5.74, 6) is 0.0171. The minimum Gasteiger partial charge on any atom is -0.317 e. The zero-order valence-electron chi connectivity index (χ0n) is 6.18. The fourth-order valence-electron chi connectivity index (χ4n) is 0.581. The van der Waals surface area contributed by atoms with Gasteiger partial charge in [0, 0.05) is 13.0 Å². The lowest BCUT2D eigenvalue weighted by atomic mass is 10.2. The summed E-state index contributed by atoms with van der Waals surface area (Å²) in [5, 5.41) is 11.1. The summed E-state index contributed by atoms with van der Waals surface area (Å²) >= 11 is 0. The first-order valence-corrected chi connectivity index (χ1v) is 3.40. The van der Waals surface area contributed by atoms with E-state index < -0.39 is 0 Å². The van der Waals surface area contributed by atoms with Crippen molar-refractivity contribution in [2.75, 3.05) is 13.1 Å². The summed E-state index contributed by atoms with van der Waals surface area (Å²) in [7, 11) is 0. The van der Waals surface area contributed by atoms with Gasteiger partial charge >= 0.3 is 0 Å². The predicted molar refractivity (Wildman–Crippen MR) is 38.4 cm³/mol. The molecule has 0 unspecified atom stereocenters. The van der Waals surface area contributed by atoms with Gasteiger partial charge in [0.05, 0.1) is 12.5 Å². The number of Topliss-reactive ketones (excluding diaryl/α,β-unsaturated/α-hetero) is 1. The maximum atomic E-state index is 10.7. The van der Waals surface area contributed by atoms with E-state index in [-0.39, 0.29) is 12.2 Å². The number of hydrogen-bond acceptors (Lipinski definition) is 3. The first kappa shape index (κ1) is 9.12. The smallest absolute Gasteiger partial charge is 0.148 e. The third-order valence-electron chi connectivity index (χ3n) is 1.11. The Morgan fingerprint density at radius 1 is 1.70 bits per heavy atom. The molecule has 56 valence electrons. The summed E-state index contributed by atoms with van der Waals surface area (Å²) in [5.41, 5.74) is 0. The van der Waals surface area contributed by atoms with Crippen LogP contribution in [0.2, 0.25) is 0 Å². The van der Waals surface area contributed by atoms with Crippen molar-refractivity contribution in [2.24, 2.45) is 0 Å². The van der Waals surface area contributed by atoms with Gasteiger partial charge < -0.3 is 5.32 Å².